The third kappa shape index (κ3) is 4.37. The molecular weight excluding hydrogens is 470 g/mol. The number of carbonyl (C=O) groups excluding carboxylic acids is 3. The van der Waals surface area contributed by atoms with E-state index < -0.39 is 6.17 Å². The zero-order chi connectivity index (χ0) is 24.5. The summed E-state index contributed by atoms with van der Waals surface area (Å²) in [6, 6.07) is 10.6. The molecule has 0 saturated carbocycles. The fourth-order valence-corrected chi connectivity index (χ4v) is 5.57. The Balaban J connectivity index is 1.33. The number of amides is 2. The molecule has 1 atom stereocenters. The number of hydrogen-bond acceptors (Lipinski definition) is 8. The van der Waals surface area contributed by atoms with Crippen LogP contribution in [0.1, 0.15) is 56.9 Å². The number of fused-ring (bicyclic) bond motifs is 3. The number of anilines is 1. The van der Waals surface area contributed by atoms with Gasteiger partial charge in [-0.05, 0) is 50.1 Å². The lowest BCUT2D eigenvalue weighted by Crippen LogP contribution is -2.39. The van der Waals surface area contributed by atoms with E-state index in [9.17, 15) is 14.4 Å². The predicted octanol–water partition coefficient (Wildman–Crippen LogP) is 4.55. The average Bonchev–Trinajstić information content (AvgIpc) is 3.49. The van der Waals surface area contributed by atoms with E-state index in [1.807, 2.05) is 12.1 Å². The van der Waals surface area contributed by atoms with Gasteiger partial charge in [0.1, 0.15) is 16.5 Å². The van der Waals surface area contributed by atoms with Crippen molar-refractivity contribution in [1.29, 1.82) is 0 Å². The first-order valence-electron chi connectivity index (χ1n) is 11.5. The zero-order valence-electron chi connectivity index (χ0n) is 19.4. The van der Waals surface area contributed by atoms with Gasteiger partial charge in [0, 0.05) is 17.0 Å². The predicted molar refractivity (Wildman–Crippen MR) is 129 cm³/mol. The molecule has 0 radical (unpaired) electrons. The topological polar surface area (TPSA) is 110 Å². The lowest BCUT2D eigenvalue weighted by molar-refractivity contribution is 0.0526. The van der Waals surface area contributed by atoms with Crippen LogP contribution in [0.15, 0.2) is 40.8 Å². The van der Waals surface area contributed by atoms with Crippen molar-refractivity contribution in [2.75, 3.05) is 25.1 Å². The summed E-state index contributed by atoms with van der Waals surface area (Å²) in [5, 5.41) is 7.12. The van der Waals surface area contributed by atoms with Crippen LogP contribution in [0.2, 0.25) is 0 Å². The maximum absolute atomic E-state index is 13.0. The number of furan rings is 1. The third-order valence-electron chi connectivity index (χ3n) is 5.95. The number of hydrogen-bond donors (Lipinski definition) is 2. The van der Waals surface area contributed by atoms with E-state index in [2.05, 4.69) is 10.6 Å². The van der Waals surface area contributed by atoms with Gasteiger partial charge >= 0.3 is 12.1 Å². The fourth-order valence-electron chi connectivity index (χ4n) is 4.28. The second-order valence-corrected chi connectivity index (χ2v) is 9.23. The Morgan fingerprint density at radius 2 is 1.86 bits per heavy atom. The third-order valence-corrected chi connectivity index (χ3v) is 7.10. The van der Waals surface area contributed by atoms with E-state index in [4.69, 9.17) is 13.9 Å². The molecule has 2 amide bonds. The van der Waals surface area contributed by atoms with Crippen LogP contribution < -0.4 is 10.6 Å². The highest BCUT2D eigenvalue weighted by Crippen LogP contribution is 2.41. The Bertz CT molecular complexity index is 1280. The number of benzene rings is 1. The first kappa shape index (κ1) is 23.0. The normalized spacial score (nSPS) is 16.6. The number of nitrogens with zero attached hydrogens (tertiary/aromatic N) is 1. The van der Waals surface area contributed by atoms with Crippen LogP contribution in [-0.4, -0.2) is 42.6 Å². The van der Waals surface area contributed by atoms with Gasteiger partial charge in [0.2, 0.25) is 0 Å². The molecule has 0 spiro atoms. The molecule has 0 fully saturated rings. The van der Waals surface area contributed by atoms with Gasteiger partial charge in [-0.25, -0.2) is 9.59 Å². The van der Waals surface area contributed by atoms with Gasteiger partial charge in [0.05, 0.1) is 30.9 Å². The standard InChI is InChI=1S/C25H25N3O6S/c1-3-32-24(30)15-7-5-14(6-8-15)17-9-10-18(34-17)21-26-22(29)20-16-11-12-28(25(31)33-4-2)13-19(16)35-23(20)27-21/h5-10,21,27H,3-4,11-13H2,1-2H3,(H,26,29)/t21-/m0/s1. The maximum atomic E-state index is 13.0. The highest BCUT2D eigenvalue weighted by Gasteiger charge is 2.35. The smallest absolute Gasteiger partial charge is 0.410 e. The molecule has 5 rings (SSSR count). The van der Waals surface area contributed by atoms with E-state index in [1.165, 1.54) is 11.3 Å². The van der Waals surface area contributed by atoms with Crippen molar-refractivity contribution in [3.05, 3.63) is 63.7 Å². The molecule has 2 aliphatic rings. The van der Waals surface area contributed by atoms with E-state index in [0.29, 0.717) is 55.4 Å². The largest absolute Gasteiger partial charge is 0.462 e. The van der Waals surface area contributed by atoms with Crippen molar-refractivity contribution in [3.8, 4) is 11.3 Å². The number of nitrogens with one attached hydrogen (secondary N) is 2. The van der Waals surface area contributed by atoms with Crippen LogP contribution in [0, 0.1) is 0 Å². The Morgan fingerprint density at radius 3 is 2.60 bits per heavy atom. The summed E-state index contributed by atoms with van der Waals surface area (Å²) in [6.45, 7) is 5.14. The SMILES string of the molecule is CCOC(=O)c1ccc(-c2ccc([C@H]3NC(=O)c4c(sc5c4CCN(C(=O)OCC)C5)N3)o2)cc1. The molecule has 0 unspecified atom stereocenters. The van der Waals surface area contributed by atoms with Crippen LogP contribution in [0.25, 0.3) is 11.3 Å². The van der Waals surface area contributed by atoms with E-state index in [0.717, 1.165) is 21.0 Å². The van der Waals surface area contributed by atoms with Gasteiger partial charge in [-0.3, -0.25) is 4.79 Å². The lowest BCUT2D eigenvalue weighted by atomic mass is 10.0. The maximum Gasteiger partial charge on any atom is 0.410 e. The summed E-state index contributed by atoms with van der Waals surface area (Å²) in [7, 11) is 0. The van der Waals surface area contributed by atoms with Crippen molar-refractivity contribution in [3.63, 3.8) is 0 Å². The number of thiophene rings is 1. The van der Waals surface area contributed by atoms with E-state index in [-0.39, 0.29) is 18.0 Å². The van der Waals surface area contributed by atoms with Gasteiger partial charge < -0.3 is 29.4 Å². The molecule has 2 aromatic heterocycles. The molecule has 2 N–H and O–H groups in total. The fraction of sp³-hybridized carbons (Fsp3) is 0.320. The summed E-state index contributed by atoms with van der Waals surface area (Å²) in [4.78, 5) is 39.7. The molecule has 10 heteroatoms. The minimum Gasteiger partial charge on any atom is -0.462 e. The summed E-state index contributed by atoms with van der Waals surface area (Å²) in [5.41, 5.74) is 2.90. The second kappa shape index (κ2) is 9.46. The quantitative estimate of drug-likeness (QED) is 0.500. The summed E-state index contributed by atoms with van der Waals surface area (Å²) >= 11 is 1.48. The van der Waals surface area contributed by atoms with Crippen molar-refractivity contribution in [2.24, 2.45) is 0 Å². The molecule has 0 saturated heterocycles. The molecule has 4 heterocycles. The molecule has 1 aromatic carbocycles. The Morgan fingerprint density at radius 1 is 1.09 bits per heavy atom. The summed E-state index contributed by atoms with van der Waals surface area (Å²) in [5.74, 6) is 0.650. The minimum absolute atomic E-state index is 0.164. The highest BCUT2D eigenvalue weighted by atomic mass is 32.1. The summed E-state index contributed by atoms with van der Waals surface area (Å²) in [6.07, 6.45) is -0.256. The van der Waals surface area contributed by atoms with Gasteiger partial charge in [-0.2, -0.15) is 0 Å². The number of carbonyl (C=O) groups is 3. The molecule has 2 aliphatic heterocycles. The lowest BCUT2D eigenvalue weighted by Gasteiger charge is -2.27. The monoisotopic (exact) mass is 495 g/mol. The van der Waals surface area contributed by atoms with Crippen LogP contribution in [-0.2, 0) is 22.4 Å². The average molecular weight is 496 g/mol. The van der Waals surface area contributed by atoms with Gasteiger partial charge in [0.15, 0.2) is 6.17 Å². The van der Waals surface area contributed by atoms with Gasteiger partial charge in [-0.15, -0.1) is 11.3 Å². The Labute approximate surface area is 206 Å². The second-order valence-electron chi connectivity index (χ2n) is 8.13. The van der Waals surface area contributed by atoms with Crippen LogP contribution >= 0.6 is 11.3 Å². The van der Waals surface area contributed by atoms with Crippen LogP contribution in [0.5, 0.6) is 0 Å². The Kier molecular flexibility index (Phi) is 6.21. The molecule has 0 aliphatic carbocycles. The summed E-state index contributed by atoms with van der Waals surface area (Å²) < 4.78 is 16.2. The first-order chi connectivity index (χ1) is 17.0. The van der Waals surface area contributed by atoms with Crippen molar-refractivity contribution in [1.82, 2.24) is 10.2 Å². The number of esters is 1. The van der Waals surface area contributed by atoms with Crippen molar-refractivity contribution < 1.29 is 28.3 Å². The molecule has 35 heavy (non-hydrogen) atoms. The minimum atomic E-state index is -0.524. The van der Waals surface area contributed by atoms with E-state index in [1.54, 1.807) is 43.0 Å². The van der Waals surface area contributed by atoms with Crippen molar-refractivity contribution in [2.45, 2.75) is 33.0 Å². The first-order valence-corrected chi connectivity index (χ1v) is 12.3. The number of rotatable bonds is 5. The molecular formula is C25H25N3O6S. The zero-order valence-corrected chi connectivity index (χ0v) is 20.2. The number of ether oxygens (including phenoxy) is 2. The van der Waals surface area contributed by atoms with Crippen LogP contribution in [0.4, 0.5) is 9.80 Å². The molecule has 182 valence electrons. The van der Waals surface area contributed by atoms with Crippen LogP contribution in [0.3, 0.4) is 0 Å². The van der Waals surface area contributed by atoms with E-state index >= 15 is 0 Å². The Hall–Kier alpha value is -3.79. The molecule has 3 aromatic rings. The van der Waals surface area contributed by atoms with Crippen molar-refractivity contribution >= 4 is 34.3 Å². The van der Waals surface area contributed by atoms with Gasteiger partial charge in [0.25, 0.3) is 5.91 Å². The highest BCUT2D eigenvalue weighted by molar-refractivity contribution is 7.16. The molecule has 0 bridgehead atoms. The molecule has 9 nitrogen and oxygen atoms in total. The van der Waals surface area contributed by atoms with Gasteiger partial charge in [-0.1, -0.05) is 12.1 Å².